The number of nitrogens with zero attached hydrogens (tertiary/aromatic N) is 2. The van der Waals surface area contributed by atoms with Gasteiger partial charge in [-0.2, -0.15) is 4.98 Å². The Labute approximate surface area is 177 Å². The van der Waals surface area contributed by atoms with Gasteiger partial charge in [0.15, 0.2) is 0 Å². The highest BCUT2D eigenvalue weighted by molar-refractivity contribution is 5.93. The van der Waals surface area contributed by atoms with Gasteiger partial charge in [0.1, 0.15) is 5.82 Å². The Morgan fingerprint density at radius 3 is 2.28 bits per heavy atom. The molecule has 4 rings (SSSR count). The fourth-order valence-corrected chi connectivity index (χ4v) is 3.27. The minimum atomic E-state index is 0. The summed E-state index contributed by atoms with van der Waals surface area (Å²) in [7, 11) is 0. The van der Waals surface area contributed by atoms with Crippen LogP contribution in [0.25, 0.3) is 10.9 Å². The topological polar surface area (TPSA) is 49.8 Å². The maximum Gasteiger partial charge on any atom is 0.225 e. The van der Waals surface area contributed by atoms with Gasteiger partial charge in [-0.1, -0.05) is 60.7 Å². The Balaban J connectivity index is 0.00000240. The summed E-state index contributed by atoms with van der Waals surface area (Å²) in [6.07, 6.45) is 0.927. The van der Waals surface area contributed by atoms with Crippen molar-refractivity contribution in [2.24, 2.45) is 0 Å². The highest BCUT2D eigenvalue weighted by atomic mass is 35.5. The lowest BCUT2D eigenvalue weighted by Gasteiger charge is -2.14. The number of hydrogen-bond acceptors (Lipinski definition) is 4. The number of anilines is 3. The van der Waals surface area contributed by atoms with Gasteiger partial charge < -0.3 is 10.6 Å². The van der Waals surface area contributed by atoms with E-state index < -0.39 is 0 Å². The van der Waals surface area contributed by atoms with Crippen LogP contribution in [-0.2, 0) is 6.42 Å². The number of fused-ring (bicyclic) bond motifs is 1. The van der Waals surface area contributed by atoms with E-state index in [4.69, 9.17) is 9.97 Å². The fraction of sp³-hybridized carbons (Fsp3) is 0.167. The molecule has 0 saturated carbocycles. The number of aryl methyl sites for hydroxylation is 2. The third-order valence-electron chi connectivity index (χ3n) is 4.87. The van der Waals surface area contributed by atoms with Crippen LogP contribution in [0.3, 0.4) is 0 Å². The van der Waals surface area contributed by atoms with Gasteiger partial charge in [-0.25, -0.2) is 4.98 Å². The zero-order chi connectivity index (χ0) is 19.3. The molecule has 0 aliphatic carbocycles. The van der Waals surface area contributed by atoms with Crippen molar-refractivity contribution >= 4 is 40.8 Å². The van der Waals surface area contributed by atoms with E-state index in [0.29, 0.717) is 5.95 Å². The van der Waals surface area contributed by atoms with Gasteiger partial charge in [-0.15, -0.1) is 12.4 Å². The van der Waals surface area contributed by atoms with E-state index in [2.05, 4.69) is 73.0 Å². The summed E-state index contributed by atoms with van der Waals surface area (Å²) in [6, 6.07) is 24.9. The molecule has 1 heterocycles. The third kappa shape index (κ3) is 4.84. The summed E-state index contributed by atoms with van der Waals surface area (Å²) >= 11 is 0. The maximum atomic E-state index is 4.78. The molecule has 0 amide bonds. The van der Waals surface area contributed by atoms with Crippen LogP contribution >= 0.6 is 12.4 Å². The molecule has 0 bridgehead atoms. The van der Waals surface area contributed by atoms with Crippen LogP contribution < -0.4 is 10.6 Å². The second-order valence-electron chi connectivity index (χ2n) is 6.97. The number of aromatic nitrogens is 2. The van der Waals surface area contributed by atoms with Crippen molar-refractivity contribution in [2.75, 3.05) is 17.2 Å². The van der Waals surface area contributed by atoms with Crippen molar-refractivity contribution in [1.82, 2.24) is 9.97 Å². The first kappa shape index (κ1) is 20.6. The molecular weight excluding hydrogens is 380 g/mol. The lowest BCUT2D eigenvalue weighted by molar-refractivity contribution is 0.991. The lowest BCUT2D eigenvalue weighted by atomic mass is 10.1. The molecule has 0 atom stereocenters. The molecule has 3 aromatic carbocycles. The Kier molecular flexibility index (Phi) is 6.68. The molecule has 0 unspecified atom stereocenters. The molecule has 5 heteroatoms. The van der Waals surface area contributed by atoms with Gasteiger partial charge in [-0.3, -0.25) is 0 Å². The van der Waals surface area contributed by atoms with Gasteiger partial charge in [0, 0.05) is 17.6 Å². The van der Waals surface area contributed by atoms with E-state index in [0.717, 1.165) is 40.9 Å². The number of halogens is 1. The van der Waals surface area contributed by atoms with E-state index in [1.807, 2.05) is 24.3 Å². The Morgan fingerprint density at radius 1 is 0.759 bits per heavy atom. The second kappa shape index (κ2) is 9.39. The molecule has 1 aromatic heterocycles. The summed E-state index contributed by atoms with van der Waals surface area (Å²) in [6.45, 7) is 4.96. The Morgan fingerprint density at radius 2 is 1.48 bits per heavy atom. The molecule has 0 aliphatic rings. The van der Waals surface area contributed by atoms with Crippen LogP contribution in [0.5, 0.6) is 0 Å². The molecule has 2 N–H and O–H groups in total. The van der Waals surface area contributed by atoms with Gasteiger partial charge in [0.05, 0.1) is 5.52 Å². The summed E-state index contributed by atoms with van der Waals surface area (Å²) in [5, 5.41) is 7.92. The quantitative estimate of drug-likeness (QED) is 0.409. The highest BCUT2D eigenvalue weighted by Gasteiger charge is 2.10. The van der Waals surface area contributed by atoms with Crippen molar-refractivity contribution in [3.63, 3.8) is 0 Å². The first-order valence-corrected chi connectivity index (χ1v) is 9.58. The molecule has 0 spiro atoms. The minimum absolute atomic E-state index is 0. The average molecular weight is 405 g/mol. The first-order valence-electron chi connectivity index (χ1n) is 9.58. The van der Waals surface area contributed by atoms with Crippen LogP contribution in [0.1, 0.15) is 16.7 Å². The largest absolute Gasteiger partial charge is 0.354 e. The third-order valence-corrected chi connectivity index (χ3v) is 4.87. The summed E-state index contributed by atoms with van der Waals surface area (Å²) < 4.78 is 0. The van der Waals surface area contributed by atoms with Crippen molar-refractivity contribution in [1.29, 1.82) is 0 Å². The van der Waals surface area contributed by atoms with Crippen LogP contribution in [-0.4, -0.2) is 16.5 Å². The van der Waals surface area contributed by atoms with E-state index in [9.17, 15) is 0 Å². The number of rotatable bonds is 6. The van der Waals surface area contributed by atoms with E-state index in [1.54, 1.807) is 0 Å². The van der Waals surface area contributed by atoms with E-state index in [-0.39, 0.29) is 12.4 Å². The molecule has 0 fully saturated rings. The Hall–Kier alpha value is -3.11. The van der Waals surface area contributed by atoms with Crippen LogP contribution in [0.4, 0.5) is 17.5 Å². The average Bonchev–Trinajstić information content (AvgIpc) is 2.71. The molecule has 4 nitrogen and oxygen atoms in total. The number of nitrogens with one attached hydrogen (secondary N) is 2. The van der Waals surface area contributed by atoms with Gasteiger partial charge in [-0.05, 0) is 49.1 Å². The highest BCUT2D eigenvalue weighted by Crippen LogP contribution is 2.28. The summed E-state index contributed by atoms with van der Waals surface area (Å²) in [5.41, 5.74) is 5.64. The number of para-hydroxylation sites is 2. The fourth-order valence-electron chi connectivity index (χ4n) is 3.27. The van der Waals surface area contributed by atoms with E-state index >= 15 is 0 Å². The number of hydrogen-bond donors (Lipinski definition) is 2. The zero-order valence-electron chi connectivity index (χ0n) is 16.6. The maximum absolute atomic E-state index is 4.78. The normalized spacial score (nSPS) is 10.4. The summed E-state index contributed by atoms with van der Waals surface area (Å²) in [4.78, 5) is 9.54. The van der Waals surface area contributed by atoms with E-state index in [1.165, 1.54) is 11.1 Å². The zero-order valence-corrected chi connectivity index (χ0v) is 17.5. The molecule has 29 heavy (non-hydrogen) atoms. The Bertz CT molecular complexity index is 1100. The SMILES string of the molecule is Cc1ccccc1Nc1nc(NCCc2ccccc2)nc2c(C)cccc12.Cl. The first-order chi connectivity index (χ1) is 13.7. The minimum Gasteiger partial charge on any atom is -0.354 e. The predicted octanol–water partition coefficient (Wildman–Crippen LogP) is 6.07. The predicted molar refractivity (Wildman–Crippen MR) is 125 cm³/mol. The van der Waals surface area contributed by atoms with Gasteiger partial charge >= 0.3 is 0 Å². The second-order valence-corrected chi connectivity index (χ2v) is 6.97. The van der Waals surface area contributed by atoms with Gasteiger partial charge in [0.25, 0.3) is 0 Å². The van der Waals surface area contributed by atoms with Crippen molar-refractivity contribution < 1.29 is 0 Å². The molecule has 148 valence electrons. The van der Waals surface area contributed by atoms with Crippen molar-refractivity contribution in [3.05, 3.63) is 89.5 Å². The standard InChI is InChI=1S/C24H24N4.ClH/c1-17-9-6-7-14-21(17)26-23-20-13-8-10-18(2)22(20)27-24(28-23)25-16-15-19-11-4-3-5-12-19;/h3-14H,15-16H2,1-2H3,(H2,25,26,27,28);1H. The van der Waals surface area contributed by atoms with Crippen molar-refractivity contribution in [3.8, 4) is 0 Å². The number of benzene rings is 3. The molecule has 0 aliphatic heterocycles. The van der Waals surface area contributed by atoms with Crippen molar-refractivity contribution in [2.45, 2.75) is 20.3 Å². The van der Waals surface area contributed by atoms with Crippen LogP contribution in [0.15, 0.2) is 72.8 Å². The monoisotopic (exact) mass is 404 g/mol. The summed E-state index contributed by atoms with van der Waals surface area (Å²) in [5.74, 6) is 1.47. The smallest absolute Gasteiger partial charge is 0.225 e. The van der Waals surface area contributed by atoms with Gasteiger partial charge in [0.2, 0.25) is 5.95 Å². The molecular formula is C24H25ClN4. The lowest BCUT2D eigenvalue weighted by Crippen LogP contribution is -2.10. The molecule has 4 aromatic rings. The molecule has 0 radical (unpaired) electrons. The molecule has 0 saturated heterocycles. The van der Waals surface area contributed by atoms with Crippen LogP contribution in [0.2, 0.25) is 0 Å². The van der Waals surface area contributed by atoms with Crippen LogP contribution in [0, 0.1) is 13.8 Å².